The minimum Gasteiger partial charge on any atom is -0.444 e. The fourth-order valence-electron chi connectivity index (χ4n) is 6.69. The number of pyridine rings is 1. The molecule has 8 heteroatoms. The number of hydrogen-bond acceptors (Lipinski definition) is 5. The molecule has 1 aromatic carbocycles. The van der Waals surface area contributed by atoms with Crippen molar-refractivity contribution in [3.63, 3.8) is 0 Å². The van der Waals surface area contributed by atoms with Gasteiger partial charge in [0.15, 0.2) is 0 Å². The zero-order chi connectivity index (χ0) is 30.7. The molecule has 0 unspecified atom stereocenters. The van der Waals surface area contributed by atoms with Gasteiger partial charge in [-0.25, -0.2) is 4.79 Å². The largest absolute Gasteiger partial charge is 0.444 e. The second kappa shape index (κ2) is 12.9. The highest BCUT2D eigenvalue weighted by molar-refractivity contribution is 5.91. The van der Waals surface area contributed by atoms with Gasteiger partial charge in [0.2, 0.25) is 11.8 Å². The molecule has 3 amide bonds. The van der Waals surface area contributed by atoms with Crippen LogP contribution in [-0.2, 0) is 20.7 Å². The van der Waals surface area contributed by atoms with Crippen LogP contribution in [0.2, 0.25) is 0 Å². The predicted molar refractivity (Wildman–Crippen MR) is 167 cm³/mol. The molecule has 1 aliphatic heterocycles. The average Bonchev–Trinajstić information content (AvgIpc) is 3.66. The van der Waals surface area contributed by atoms with E-state index in [1.54, 1.807) is 34.7 Å². The molecular formula is C35H46N4O4. The number of aromatic nitrogens is 1. The molecule has 0 radical (unpaired) electrons. The number of nitrogens with zero attached hydrogens (tertiary/aromatic N) is 3. The lowest BCUT2D eigenvalue weighted by Gasteiger charge is -2.36. The van der Waals surface area contributed by atoms with Crippen LogP contribution in [0, 0.1) is 5.92 Å². The monoisotopic (exact) mass is 586 g/mol. The molecule has 5 rings (SSSR count). The van der Waals surface area contributed by atoms with Crippen molar-refractivity contribution in [2.24, 2.45) is 5.92 Å². The van der Waals surface area contributed by atoms with Gasteiger partial charge in [-0.3, -0.25) is 19.5 Å². The van der Waals surface area contributed by atoms with E-state index in [-0.39, 0.29) is 23.8 Å². The molecule has 2 aromatic rings. The number of allylic oxidation sites excluding steroid dienone is 1. The van der Waals surface area contributed by atoms with Crippen LogP contribution in [-0.4, -0.2) is 64.0 Å². The van der Waals surface area contributed by atoms with E-state index >= 15 is 0 Å². The zero-order valence-electron chi connectivity index (χ0n) is 26.3. The quantitative estimate of drug-likeness (QED) is 0.426. The Kier molecular flexibility index (Phi) is 9.23. The van der Waals surface area contributed by atoms with Crippen molar-refractivity contribution in [2.75, 3.05) is 13.6 Å². The number of ether oxygens (including phenoxy) is 1. The topological polar surface area (TPSA) is 91.8 Å². The van der Waals surface area contributed by atoms with Crippen LogP contribution in [0.1, 0.15) is 101 Å². The summed E-state index contributed by atoms with van der Waals surface area (Å²) in [6.45, 7) is 7.70. The summed E-state index contributed by atoms with van der Waals surface area (Å²) in [5, 5.41) is 3.10. The summed E-state index contributed by atoms with van der Waals surface area (Å²) < 4.78 is 5.47. The molecule has 0 bridgehead atoms. The highest BCUT2D eigenvalue weighted by Gasteiger charge is 2.40. The van der Waals surface area contributed by atoms with Crippen LogP contribution in [0.4, 0.5) is 4.79 Å². The molecular weight excluding hydrogens is 540 g/mol. The van der Waals surface area contributed by atoms with Crippen LogP contribution in [0.3, 0.4) is 0 Å². The fraction of sp³-hybridized carbons (Fsp3) is 0.543. The maximum atomic E-state index is 14.4. The fourth-order valence-corrected chi connectivity index (χ4v) is 6.69. The van der Waals surface area contributed by atoms with Crippen molar-refractivity contribution in [1.82, 2.24) is 20.1 Å². The summed E-state index contributed by atoms with van der Waals surface area (Å²) in [6, 6.07) is 9.13. The minimum atomic E-state index is -0.786. The van der Waals surface area contributed by atoms with Gasteiger partial charge in [0, 0.05) is 31.5 Å². The first-order valence-electron chi connectivity index (χ1n) is 15.8. The number of benzene rings is 1. The van der Waals surface area contributed by atoms with Gasteiger partial charge >= 0.3 is 6.09 Å². The lowest BCUT2D eigenvalue weighted by atomic mass is 9.83. The standard InChI is InChI=1S/C35H46N4O4/c1-23(38(5)34(42)43-35(2,3)4)32(40)37-31(25-13-7-6-8-14-25)33(41)39-19-11-16-30(39)27-20-26(21-36-22-27)29-18-17-24-12-9-10-15-28(24)29/h9-10,12,15,18,20-23,25,30-31H,6-8,11,13-14,16-17,19H2,1-5H3,(H,37,40)/t23-,30-,31-/m0/s1. The van der Waals surface area contributed by atoms with Crippen LogP contribution in [0.25, 0.3) is 5.57 Å². The average molecular weight is 587 g/mol. The number of likely N-dealkylation sites (N-methyl/N-ethyl adjacent to an activating group) is 1. The maximum absolute atomic E-state index is 14.4. The van der Waals surface area contributed by atoms with Crippen molar-refractivity contribution in [3.05, 3.63) is 71.1 Å². The Hall–Kier alpha value is -3.68. The van der Waals surface area contributed by atoms with E-state index in [9.17, 15) is 14.4 Å². The van der Waals surface area contributed by atoms with Gasteiger partial charge in [0.05, 0.1) is 6.04 Å². The molecule has 2 fully saturated rings. The lowest BCUT2D eigenvalue weighted by molar-refractivity contribution is -0.140. The third-order valence-electron chi connectivity index (χ3n) is 9.15. The zero-order valence-corrected chi connectivity index (χ0v) is 26.3. The van der Waals surface area contributed by atoms with Gasteiger partial charge in [-0.1, -0.05) is 49.6 Å². The lowest BCUT2D eigenvalue weighted by Crippen LogP contribution is -2.56. The Balaban J connectivity index is 1.35. The van der Waals surface area contributed by atoms with Crippen molar-refractivity contribution >= 4 is 23.5 Å². The SMILES string of the molecule is C[C@@H](C(=O)N[C@H](C(=O)N1CCC[C@H]1c1cncc(C2=CCc3ccccc32)c1)C1CCCCC1)N(C)C(=O)OC(C)(C)C. The molecule has 0 spiro atoms. The number of fused-ring (bicyclic) bond motifs is 1. The number of nitrogens with one attached hydrogen (secondary N) is 1. The molecule has 230 valence electrons. The number of rotatable bonds is 7. The summed E-state index contributed by atoms with van der Waals surface area (Å²) in [7, 11) is 1.56. The molecule has 1 N–H and O–H groups in total. The Morgan fingerprint density at radius 3 is 2.53 bits per heavy atom. The van der Waals surface area contributed by atoms with Gasteiger partial charge in [0.25, 0.3) is 0 Å². The molecule has 43 heavy (non-hydrogen) atoms. The molecule has 1 aromatic heterocycles. The first kappa shape index (κ1) is 30.8. The molecule has 1 saturated heterocycles. The van der Waals surface area contributed by atoms with Crippen LogP contribution in [0.5, 0.6) is 0 Å². The van der Waals surface area contributed by atoms with Crippen LogP contribution < -0.4 is 5.32 Å². The first-order valence-corrected chi connectivity index (χ1v) is 15.8. The molecule has 1 saturated carbocycles. The summed E-state index contributed by atoms with van der Waals surface area (Å²) in [5.41, 5.74) is 5.18. The van der Waals surface area contributed by atoms with E-state index in [1.807, 2.05) is 17.3 Å². The third kappa shape index (κ3) is 6.94. The summed E-state index contributed by atoms with van der Waals surface area (Å²) in [6.07, 6.45) is 13.2. The van der Waals surface area contributed by atoms with Gasteiger partial charge in [-0.05, 0) is 94.0 Å². The van der Waals surface area contributed by atoms with Gasteiger partial charge in [-0.2, -0.15) is 0 Å². The highest BCUT2D eigenvalue weighted by atomic mass is 16.6. The molecule has 2 heterocycles. The summed E-state index contributed by atoms with van der Waals surface area (Å²) in [4.78, 5) is 48.4. The normalized spacial score (nSPS) is 20.2. The van der Waals surface area contributed by atoms with Crippen molar-refractivity contribution in [3.8, 4) is 0 Å². The maximum Gasteiger partial charge on any atom is 0.410 e. The second-order valence-electron chi connectivity index (χ2n) is 13.3. The second-order valence-corrected chi connectivity index (χ2v) is 13.3. The molecule has 3 atom stereocenters. The van der Waals surface area contributed by atoms with Crippen molar-refractivity contribution < 1.29 is 19.1 Å². The van der Waals surface area contributed by atoms with Gasteiger partial charge in [0.1, 0.15) is 17.7 Å². The number of carbonyl (C=O) groups excluding carboxylic acids is 3. The van der Waals surface area contributed by atoms with E-state index < -0.39 is 23.8 Å². The Labute approximate surface area is 255 Å². The van der Waals surface area contributed by atoms with E-state index in [2.05, 4.69) is 46.7 Å². The minimum absolute atomic E-state index is 0.0364. The summed E-state index contributed by atoms with van der Waals surface area (Å²) >= 11 is 0. The van der Waals surface area contributed by atoms with Crippen molar-refractivity contribution in [2.45, 2.75) is 103 Å². The Morgan fingerprint density at radius 2 is 1.79 bits per heavy atom. The smallest absolute Gasteiger partial charge is 0.410 e. The number of amides is 3. The third-order valence-corrected chi connectivity index (χ3v) is 9.15. The van der Waals surface area contributed by atoms with E-state index in [0.717, 1.165) is 62.5 Å². The van der Waals surface area contributed by atoms with Gasteiger partial charge in [-0.15, -0.1) is 0 Å². The molecule has 3 aliphatic rings. The van der Waals surface area contributed by atoms with Gasteiger partial charge < -0.3 is 15.0 Å². The Morgan fingerprint density at radius 1 is 1.05 bits per heavy atom. The first-order chi connectivity index (χ1) is 20.5. The number of likely N-dealkylation sites (tertiary alicyclic amines) is 1. The highest BCUT2D eigenvalue weighted by Crippen LogP contribution is 2.38. The number of carbonyl (C=O) groups is 3. The van der Waals surface area contributed by atoms with E-state index in [1.165, 1.54) is 21.6 Å². The van der Waals surface area contributed by atoms with E-state index in [4.69, 9.17) is 4.74 Å². The summed E-state index contributed by atoms with van der Waals surface area (Å²) in [5.74, 6) is -0.315. The van der Waals surface area contributed by atoms with Crippen LogP contribution in [0.15, 0.2) is 48.8 Å². The Bertz CT molecular complexity index is 1370. The molecule has 2 aliphatic carbocycles. The predicted octanol–water partition coefficient (Wildman–Crippen LogP) is 6.05. The van der Waals surface area contributed by atoms with Crippen molar-refractivity contribution in [1.29, 1.82) is 0 Å². The number of hydrogen-bond donors (Lipinski definition) is 1. The van der Waals surface area contributed by atoms with E-state index in [0.29, 0.717) is 6.54 Å². The molecule has 8 nitrogen and oxygen atoms in total. The van der Waals surface area contributed by atoms with Crippen LogP contribution >= 0.6 is 0 Å².